The summed E-state index contributed by atoms with van der Waals surface area (Å²) in [4.78, 5) is 14.4. The van der Waals surface area contributed by atoms with E-state index in [1.165, 1.54) is 11.8 Å². The summed E-state index contributed by atoms with van der Waals surface area (Å²) < 4.78 is 6.78. The SMILES string of the molecule is CCN(Cc1ccccc1)C(=O)CSc1nnnn1-c1ccc(OC)cc1. The van der Waals surface area contributed by atoms with E-state index in [0.717, 1.165) is 17.0 Å². The molecule has 0 aliphatic rings. The number of benzene rings is 2. The first-order chi connectivity index (χ1) is 13.2. The van der Waals surface area contributed by atoms with Crippen molar-refractivity contribution in [2.45, 2.75) is 18.6 Å². The van der Waals surface area contributed by atoms with Crippen LogP contribution in [0.2, 0.25) is 0 Å². The highest BCUT2D eigenvalue weighted by molar-refractivity contribution is 7.99. The van der Waals surface area contributed by atoms with Gasteiger partial charge in [0.05, 0.1) is 18.6 Å². The van der Waals surface area contributed by atoms with Crippen LogP contribution < -0.4 is 4.74 Å². The largest absolute Gasteiger partial charge is 0.497 e. The smallest absolute Gasteiger partial charge is 0.233 e. The predicted octanol–water partition coefficient (Wildman–Crippen LogP) is 2.81. The lowest BCUT2D eigenvalue weighted by molar-refractivity contribution is -0.128. The number of carbonyl (C=O) groups excluding carboxylic acids is 1. The summed E-state index contributed by atoms with van der Waals surface area (Å²) in [5.41, 5.74) is 1.92. The molecule has 0 spiro atoms. The van der Waals surface area contributed by atoms with Crippen LogP contribution in [0.3, 0.4) is 0 Å². The number of rotatable bonds is 8. The van der Waals surface area contributed by atoms with E-state index >= 15 is 0 Å². The molecular formula is C19H21N5O2S. The minimum atomic E-state index is 0.0515. The van der Waals surface area contributed by atoms with Crippen LogP contribution in [0.15, 0.2) is 59.8 Å². The number of amides is 1. The summed E-state index contributed by atoms with van der Waals surface area (Å²) in [5.74, 6) is 1.09. The normalized spacial score (nSPS) is 10.6. The third-order valence-electron chi connectivity index (χ3n) is 4.03. The molecule has 0 aliphatic heterocycles. The van der Waals surface area contributed by atoms with Gasteiger partial charge in [0.25, 0.3) is 0 Å². The Labute approximate surface area is 162 Å². The van der Waals surface area contributed by atoms with Gasteiger partial charge in [-0.15, -0.1) is 5.10 Å². The lowest BCUT2D eigenvalue weighted by Crippen LogP contribution is -2.31. The topological polar surface area (TPSA) is 73.1 Å². The summed E-state index contributed by atoms with van der Waals surface area (Å²) in [6, 6.07) is 17.4. The summed E-state index contributed by atoms with van der Waals surface area (Å²) in [6.07, 6.45) is 0. The van der Waals surface area contributed by atoms with Crippen LogP contribution in [0.5, 0.6) is 5.75 Å². The van der Waals surface area contributed by atoms with Crippen LogP contribution in [0, 0.1) is 0 Å². The standard InChI is InChI=1S/C19H21N5O2S/c1-3-23(13-15-7-5-4-6-8-15)18(25)14-27-19-20-21-22-24(19)16-9-11-17(26-2)12-10-16/h4-12H,3,13-14H2,1-2H3. The molecule has 0 saturated carbocycles. The molecule has 8 heteroatoms. The van der Waals surface area contributed by atoms with E-state index in [1.54, 1.807) is 11.8 Å². The average Bonchev–Trinajstić information content (AvgIpc) is 3.19. The molecule has 1 amide bonds. The quantitative estimate of drug-likeness (QED) is 0.557. The van der Waals surface area contributed by atoms with Crippen molar-refractivity contribution in [2.24, 2.45) is 0 Å². The van der Waals surface area contributed by atoms with Crippen molar-refractivity contribution < 1.29 is 9.53 Å². The maximum Gasteiger partial charge on any atom is 0.233 e. The number of thioether (sulfide) groups is 1. The Hall–Kier alpha value is -2.87. The molecule has 1 heterocycles. The van der Waals surface area contributed by atoms with Crippen molar-refractivity contribution in [3.8, 4) is 11.4 Å². The molecule has 3 aromatic rings. The highest BCUT2D eigenvalue weighted by Crippen LogP contribution is 2.21. The molecule has 0 fully saturated rings. The van der Waals surface area contributed by atoms with E-state index in [0.29, 0.717) is 18.2 Å². The number of hydrogen-bond donors (Lipinski definition) is 0. The molecule has 0 aliphatic carbocycles. The summed E-state index contributed by atoms with van der Waals surface area (Å²) in [6.45, 7) is 3.23. The highest BCUT2D eigenvalue weighted by Gasteiger charge is 2.16. The fraction of sp³-hybridized carbons (Fsp3) is 0.263. The van der Waals surface area contributed by atoms with Crippen molar-refractivity contribution in [1.82, 2.24) is 25.1 Å². The van der Waals surface area contributed by atoms with Crippen molar-refractivity contribution in [1.29, 1.82) is 0 Å². The zero-order valence-electron chi connectivity index (χ0n) is 15.3. The molecular weight excluding hydrogens is 362 g/mol. The molecule has 7 nitrogen and oxygen atoms in total. The fourth-order valence-electron chi connectivity index (χ4n) is 2.55. The van der Waals surface area contributed by atoms with E-state index in [4.69, 9.17) is 4.74 Å². The molecule has 0 unspecified atom stereocenters. The lowest BCUT2D eigenvalue weighted by Gasteiger charge is -2.20. The Morgan fingerprint density at radius 2 is 1.89 bits per heavy atom. The molecule has 0 N–H and O–H groups in total. The van der Waals surface area contributed by atoms with Gasteiger partial charge in [-0.25, -0.2) is 0 Å². The zero-order valence-corrected chi connectivity index (χ0v) is 16.1. The third-order valence-corrected chi connectivity index (χ3v) is 4.94. The zero-order chi connectivity index (χ0) is 19.1. The van der Waals surface area contributed by atoms with Gasteiger partial charge in [-0.2, -0.15) is 4.68 Å². The Morgan fingerprint density at radius 1 is 1.15 bits per heavy atom. The maximum atomic E-state index is 12.6. The van der Waals surface area contributed by atoms with Crippen LogP contribution >= 0.6 is 11.8 Å². The second-order valence-corrected chi connectivity index (χ2v) is 6.70. The van der Waals surface area contributed by atoms with E-state index < -0.39 is 0 Å². The number of ether oxygens (including phenoxy) is 1. The second-order valence-electron chi connectivity index (χ2n) is 5.75. The van der Waals surface area contributed by atoms with Gasteiger partial charge in [0.1, 0.15) is 5.75 Å². The summed E-state index contributed by atoms with van der Waals surface area (Å²) in [5, 5.41) is 12.4. The second kappa shape index (κ2) is 9.18. The molecule has 0 bridgehead atoms. The highest BCUT2D eigenvalue weighted by atomic mass is 32.2. The minimum Gasteiger partial charge on any atom is -0.497 e. The number of hydrogen-bond acceptors (Lipinski definition) is 6. The molecule has 0 saturated heterocycles. The third kappa shape index (κ3) is 4.85. The van der Waals surface area contributed by atoms with Crippen LogP contribution in [0.1, 0.15) is 12.5 Å². The predicted molar refractivity (Wildman–Crippen MR) is 104 cm³/mol. The van der Waals surface area contributed by atoms with E-state index in [1.807, 2.05) is 66.4 Å². The Balaban J connectivity index is 1.64. The number of carbonyl (C=O) groups is 1. The fourth-order valence-corrected chi connectivity index (χ4v) is 3.35. The number of nitrogens with zero attached hydrogens (tertiary/aromatic N) is 5. The monoisotopic (exact) mass is 383 g/mol. The Morgan fingerprint density at radius 3 is 2.56 bits per heavy atom. The van der Waals surface area contributed by atoms with Crippen molar-refractivity contribution in [2.75, 3.05) is 19.4 Å². The van der Waals surface area contributed by atoms with E-state index in [-0.39, 0.29) is 11.7 Å². The number of tetrazole rings is 1. The van der Waals surface area contributed by atoms with Gasteiger partial charge in [0, 0.05) is 13.1 Å². The number of methoxy groups -OCH3 is 1. The maximum absolute atomic E-state index is 12.6. The molecule has 140 valence electrons. The average molecular weight is 383 g/mol. The van der Waals surface area contributed by atoms with Crippen molar-refractivity contribution in [3.63, 3.8) is 0 Å². The van der Waals surface area contributed by atoms with E-state index in [2.05, 4.69) is 15.5 Å². The molecule has 2 aromatic carbocycles. The van der Waals surface area contributed by atoms with Gasteiger partial charge in [-0.1, -0.05) is 42.1 Å². The van der Waals surface area contributed by atoms with Crippen LogP contribution in [0.4, 0.5) is 0 Å². The molecule has 3 rings (SSSR count). The first-order valence-electron chi connectivity index (χ1n) is 8.58. The molecule has 0 atom stereocenters. The minimum absolute atomic E-state index is 0.0515. The summed E-state index contributed by atoms with van der Waals surface area (Å²) in [7, 11) is 1.62. The Bertz CT molecular complexity index is 867. The molecule has 0 radical (unpaired) electrons. The molecule has 1 aromatic heterocycles. The van der Waals surface area contributed by atoms with Crippen LogP contribution in [-0.4, -0.2) is 50.4 Å². The lowest BCUT2D eigenvalue weighted by atomic mass is 10.2. The van der Waals surface area contributed by atoms with Crippen LogP contribution in [0.25, 0.3) is 5.69 Å². The van der Waals surface area contributed by atoms with Crippen molar-refractivity contribution in [3.05, 3.63) is 60.2 Å². The summed E-state index contributed by atoms with van der Waals surface area (Å²) >= 11 is 1.33. The van der Waals surface area contributed by atoms with Gasteiger partial charge < -0.3 is 9.64 Å². The van der Waals surface area contributed by atoms with Gasteiger partial charge in [-0.05, 0) is 47.2 Å². The van der Waals surface area contributed by atoms with Gasteiger partial charge >= 0.3 is 0 Å². The first-order valence-corrected chi connectivity index (χ1v) is 9.57. The first kappa shape index (κ1) is 18.9. The Kier molecular flexibility index (Phi) is 6.43. The van der Waals surface area contributed by atoms with Crippen molar-refractivity contribution >= 4 is 17.7 Å². The van der Waals surface area contributed by atoms with Gasteiger partial charge in [0.15, 0.2) is 0 Å². The van der Waals surface area contributed by atoms with Crippen LogP contribution in [-0.2, 0) is 11.3 Å². The van der Waals surface area contributed by atoms with E-state index in [9.17, 15) is 4.79 Å². The van der Waals surface area contributed by atoms with Gasteiger partial charge in [-0.3, -0.25) is 4.79 Å². The molecule has 27 heavy (non-hydrogen) atoms. The van der Waals surface area contributed by atoms with Gasteiger partial charge in [0.2, 0.25) is 11.1 Å². The number of aromatic nitrogens is 4.